The van der Waals surface area contributed by atoms with Gasteiger partial charge in [-0.05, 0) is 44.5 Å². The van der Waals surface area contributed by atoms with E-state index in [1.165, 1.54) is 12.1 Å². The molecule has 1 N–H and O–H groups in total. The van der Waals surface area contributed by atoms with Crippen LogP contribution in [0.2, 0.25) is 0 Å². The summed E-state index contributed by atoms with van der Waals surface area (Å²) >= 11 is 0. The van der Waals surface area contributed by atoms with Gasteiger partial charge in [0.1, 0.15) is 17.6 Å². The Bertz CT molecular complexity index is 1080. The second-order valence-electron chi connectivity index (χ2n) is 7.11. The molecule has 9 heteroatoms. The minimum Gasteiger partial charge on any atom is -0.435 e. The van der Waals surface area contributed by atoms with E-state index in [0.717, 1.165) is 17.2 Å². The number of alkyl halides is 2. The van der Waals surface area contributed by atoms with Crippen molar-refractivity contribution in [2.24, 2.45) is 7.05 Å². The fraction of sp³-hybridized carbons (Fsp3) is 0.350. The number of amides is 1. The van der Waals surface area contributed by atoms with Crippen molar-refractivity contribution < 1.29 is 18.3 Å². The van der Waals surface area contributed by atoms with Crippen molar-refractivity contribution in [1.29, 1.82) is 0 Å². The first-order chi connectivity index (χ1) is 13.8. The molecular weight excluding hydrogens is 380 g/mol. The summed E-state index contributed by atoms with van der Waals surface area (Å²) in [6.45, 7) is 1.38. The topological polar surface area (TPSA) is 72.3 Å². The van der Waals surface area contributed by atoms with E-state index in [9.17, 15) is 13.6 Å². The van der Waals surface area contributed by atoms with Crippen LogP contribution in [-0.2, 0) is 11.8 Å². The van der Waals surface area contributed by atoms with Crippen LogP contribution in [0.4, 0.5) is 20.3 Å². The summed E-state index contributed by atoms with van der Waals surface area (Å²) < 4.78 is 31.4. The largest absolute Gasteiger partial charge is 0.435 e. The fourth-order valence-electron chi connectivity index (χ4n) is 3.71. The van der Waals surface area contributed by atoms with E-state index in [4.69, 9.17) is 0 Å². The van der Waals surface area contributed by atoms with Crippen molar-refractivity contribution in [1.82, 2.24) is 14.8 Å². The average Bonchev–Trinajstić information content (AvgIpc) is 3.16. The Kier molecular flexibility index (Phi) is 4.81. The van der Waals surface area contributed by atoms with Gasteiger partial charge in [-0.15, -0.1) is 0 Å². The van der Waals surface area contributed by atoms with Crippen molar-refractivity contribution in [2.75, 3.05) is 16.8 Å². The number of anilines is 2. The quantitative estimate of drug-likeness (QED) is 0.710. The summed E-state index contributed by atoms with van der Waals surface area (Å²) in [7, 11) is 1.81. The van der Waals surface area contributed by atoms with Crippen molar-refractivity contribution >= 4 is 28.3 Å². The van der Waals surface area contributed by atoms with Crippen LogP contribution in [0.15, 0.2) is 30.3 Å². The van der Waals surface area contributed by atoms with Gasteiger partial charge in [0.2, 0.25) is 0 Å². The highest BCUT2D eigenvalue weighted by Gasteiger charge is 2.34. The molecule has 29 heavy (non-hydrogen) atoms. The maximum atomic E-state index is 13.0. The number of carbonyl (C=O) groups excluding carboxylic acids is 1. The van der Waals surface area contributed by atoms with Gasteiger partial charge in [-0.1, -0.05) is 0 Å². The van der Waals surface area contributed by atoms with Crippen LogP contribution in [-0.4, -0.2) is 39.9 Å². The first-order valence-electron chi connectivity index (χ1n) is 9.26. The van der Waals surface area contributed by atoms with Crippen LogP contribution in [0, 0.1) is 13.8 Å². The molecule has 3 aromatic rings. The van der Waals surface area contributed by atoms with Crippen LogP contribution in [0.5, 0.6) is 5.75 Å². The molecule has 0 bridgehead atoms. The highest BCUT2D eigenvalue weighted by Crippen LogP contribution is 2.30. The van der Waals surface area contributed by atoms with E-state index in [2.05, 4.69) is 20.1 Å². The van der Waals surface area contributed by atoms with Crippen LogP contribution < -0.4 is 15.0 Å². The Morgan fingerprint density at radius 3 is 2.69 bits per heavy atom. The Morgan fingerprint density at radius 1 is 1.21 bits per heavy atom. The molecule has 7 nitrogen and oxygen atoms in total. The molecule has 0 spiro atoms. The lowest BCUT2D eigenvalue weighted by Crippen LogP contribution is -2.34. The summed E-state index contributed by atoms with van der Waals surface area (Å²) in [4.78, 5) is 19.1. The molecule has 1 aliphatic rings. The number of aromatic nitrogens is 3. The van der Waals surface area contributed by atoms with Gasteiger partial charge in [-0.2, -0.15) is 13.9 Å². The first-order valence-corrected chi connectivity index (χ1v) is 9.26. The molecule has 4 rings (SSSR count). The summed E-state index contributed by atoms with van der Waals surface area (Å²) in [6.07, 6.45) is 0.610. The number of ether oxygens (including phenoxy) is 1. The number of hydrogen-bond acceptors (Lipinski definition) is 5. The number of pyridine rings is 1. The number of hydrogen-bond donors (Lipinski definition) is 1. The Morgan fingerprint density at radius 2 is 2.00 bits per heavy atom. The number of carbonyl (C=O) groups is 1. The third-order valence-electron chi connectivity index (χ3n) is 4.92. The SMILES string of the molecule is Cc1cc(NC2CCN(c3cc(C)nn3C)C2=O)c2cc(OC(F)F)ccc2n1. The molecule has 1 unspecified atom stereocenters. The van der Waals surface area contributed by atoms with Crippen LogP contribution in [0.3, 0.4) is 0 Å². The van der Waals surface area contributed by atoms with Crippen molar-refractivity contribution in [3.8, 4) is 5.75 Å². The number of benzene rings is 1. The standard InChI is InChI=1S/C20H21F2N5O2/c1-11-8-17(14-10-13(29-20(21)22)4-5-15(14)23-11)24-16-6-7-27(19(16)28)18-9-12(2)25-26(18)3/h4-5,8-10,16,20H,6-7H2,1-3H3,(H,23,24). The number of halogens is 2. The molecule has 1 fully saturated rings. The molecular formula is C20H21F2N5O2. The predicted molar refractivity (Wildman–Crippen MR) is 105 cm³/mol. The Hall–Kier alpha value is -3.23. The maximum Gasteiger partial charge on any atom is 0.387 e. The van der Waals surface area contributed by atoms with Gasteiger partial charge in [0.25, 0.3) is 5.91 Å². The smallest absolute Gasteiger partial charge is 0.387 e. The fourth-order valence-corrected chi connectivity index (χ4v) is 3.71. The molecule has 1 aliphatic heterocycles. The zero-order valence-corrected chi connectivity index (χ0v) is 16.3. The second kappa shape index (κ2) is 7.31. The minimum atomic E-state index is -2.91. The van der Waals surface area contributed by atoms with Crippen molar-refractivity contribution in [2.45, 2.75) is 32.9 Å². The maximum absolute atomic E-state index is 13.0. The Labute approximate surface area is 166 Å². The summed E-state index contributed by atoms with van der Waals surface area (Å²) in [6, 6.07) is 7.84. The van der Waals surface area contributed by atoms with E-state index in [1.54, 1.807) is 28.8 Å². The lowest BCUT2D eigenvalue weighted by molar-refractivity contribution is -0.117. The van der Waals surface area contributed by atoms with Gasteiger partial charge >= 0.3 is 6.61 Å². The second-order valence-corrected chi connectivity index (χ2v) is 7.11. The minimum absolute atomic E-state index is 0.0472. The van der Waals surface area contributed by atoms with E-state index in [0.29, 0.717) is 29.6 Å². The summed E-state index contributed by atoms with van der Waals surface area (Å²) in [5, 5.41) is 8.20. The number of aryl methyl sites for hydroxylation is 3. The van der Waals surface area contributed by atoms with Crippen LogP contribution in [0.1, 0.15) is 17.8 Å². The predicted octanol–water partition coefficient (Wildman–Crippen LogP) is 3.40. The van der Waals surface area contributed by atoms with E-state index in [-0.39, 0.29) is 11.7 Å². The summed E-state index contributed by atoms with van der Waals surface area (Å²) in [5.41, 5.74) is 2.90. The van der Waals surface area contributed by atoms with E-state index < -0.39 is 12.7 Å². The molecule has 0 saturated carbocycles. The third kappa shape index (κ3) is 3.72. The number of fused-ring (bicyclic) bond motifs is 1. The average molecular weight is 401 g/mol. The monoisotopic (exact) mass is 401 g/mol. The molecule has 0 radical (unpaired) electrons. The van der Waals surface area contributed by atoms with Crippen LogP contribution >= 0.6 is 0 Å². The molecule has 1 amide bonds. The zero-order valence-electron chi connectivity index (χ0n) is 16.3. The van der Waals surface area contributed by atoms with Crippen molar-refractivity contribution in [3.05, 3.63) is 41.7 Å². The summed E-state index contributed by atoms with van der Waals surface area (Å²) in [5.74, 6) is 0.738. The molecule has 3 heterocycles. The lowest BCUT2D eigenvalue weighted by Gasteiger charge is -2.18. The number of nitrogens with zero attached hydrogens (tertiary/aromatic N) is 4. The molecule has 1 atom stereocenters. The molecule has 2 aromatic heterocycles. The van der Waals surface area contributed by atoms with Gasteiger partial charge in [0, 0.05) is 36.4 Å². The first kappa shape index (κ1) is 19.1. The normalized spacial score (nSPS) is 16.8. The molecule has 1 aromatic carbocycles. The van der Waals surface area contributed by atoms with Gasteiger partial charge in [0.05, 0.1) is 11.2 Å². The van der Waals surface area contributed by atoms with Crippen LogP contribution in [0.25, 0.3) is 10.9 Å². The van der Waals surface area contributed by atoms with Gasteiger partial charge in [0.15, 0.2) is 0 Å². The molecule has 0 aliphatic carbocycles. The van der Waals surface area contributed by atoms with Gasteiger partial charge in [-0.3, -0.25) is 19.4 Å². The van der Waals surface area contributed by atoms with Gasteiger partial charge in [-0.25, -0.2) is 0 Å². The van der Waals surface area contributed by atoms with Gasteiger partial charge < -0.3 is 10.1 Å². The lowest BCUT2D eigenvalue weighted by atomic mass is 10.1. The van der Waals surface area contributed by atoms with E-state index in [1.807, 2.05) is 19.9 Å². The zero-order chi connectivity index (χ0) is 20.7. The number of rotatable bonds is 5. The Balaban J connectivity index is 1.63. The van der Waals surface area contributed by atoms with Crippen molar-refractivity contribution in [3.63, 3.8) is 0 Å². The third-order valence-corrected chi connectivity index (χ3v) is 4.92. The highest BCUT2D eigenvalue weighted by atomic mass is 19.3. The molecule has 1 saturated heterocycles. The highest BCUT2D eigenvalue weighted by molar-refractivity contribution is 6.02. The van der Waals surface area contributed by atoms with E-state index >= 15 is 0 Å². The number of nitrogens with one attached hydrogen (secondary N) is 1. The molecule has 152 valence electrons.